The fourth-order valence-electron chi connectivity index (χ4n) is 3.05. The van der Waals surface area contributed by atoms with E-state index in [4.69, 9.17) is 0 Å². The van der Waals surface area contributed by atoms with Crippen LogP contribution in [0.3, 0.4) is 0 Å². The first-order chi connectivity index (χ1) is 12.2. The van der Waals surface area contributed by atoms with E-state index >= 15 is 0 Å². The van der Waals surface area contributed by atoms with Crippen molar-refractivity contribution in [1.29, 1.82) is 0 Å². The molecule has 0 amide bonds. The molecule has 4 heterocycles. The van der Waals surface area contributed by atoms with Gasteiger partial charge in [0, 0.05) is 43.8 Å². The van der Waals surface area contributed by atoms with Crippen LogP contribution in [-0.2, 0) is 6.54 Å². The number of aryl methyl sites for hydroxylation is 1. The minimum Gasteiger partial charge on any atom is -0.365 e. The van der Waals surface area contributed by atoms with Gasteiger partial charge in [0.1, 0.15) is 22.8 Å². The highest BCUT2D eigenvalue weighted by molar-refractivity contribution is 7.18. The molecule has 0 bridgehead atoms. The van der Waals surface area contributed by atoms with Crippen LogP contribution in [0.5, 0.6) is 0 Å². The fraction of sp³-hybridized carbons (Fsp3) is 0.389. The summed E-state index contributed by atoms with van der Waals surface area (Å²) in [6.07, 6.45) is 3.58. The molecule has 1 aliphatic heterocycles. The number of likely N-dealkylation sites (N-methyl/N-ethyl adjacent to an activating group) is 1. The van der Waals surface area contributed by atoms with E-state index in [0.717, 1.165) is 53.6 Å². The molecule has 0 atom stereocenters. The molecule has 0 spiro atoms. The van der Waals surface area contributed by atoms with Gasteiger partial charge in [0.05, 0.1) is 5.39 Å². The first-order valence-electron chi connectivity index (χ1n) is 8.52. The minimum atomic E-state index is 0.705. The second kappa shape index (κ2) is 6.93. The van der Waals surface area contributed by atoms with E-state index in [9.17, 15) is 0 Å². The molecule has 1 aliphatic rings. The fourth-order valence-corrected chi connectivity index (χ4v) is 3.89. The molecule has 7 heteroatoms. The van der Waals surface area contributed by atoms with Gasteiger partial charge in [0.2, 0.25) is 0 Å². The van der Waals surface area contributed by atoms with Crippen LogP contribution >= 0.6 is 11.3 Å². The molecule has 4 rings (SSSR count). The van der Waals surface area contributed by atoms with Crippen molar-refractivity contribution < 1.29 is 0 Å². The Morgan fingerprint density at radius 3 is 2.72 bits per heavy atom. The Kier molecular flexibility index (Phi) is 4.50. The third-order valence-electron chi connectivity index (χ3n) is 4.55. The number of piperazine rings is 1. The summed E-state index contributed by atoms with van der Waals surface area (Å²) >= 11 is 1.69. The molecule has 25 heavy (non-hydrogen) atoms. The van der Waals surface area contributed by atoms with E-state index in [1.165, 1.54) is 4.88 Å². The Morgan fingerprint density at radius 1 is 1.12 bits per heavy atom. The number of hydrogen-bond donors (Lipinski definition) is 1. The van der Waals surface area contributed by atoms with Gasteiger partial charge in [-0.2, -0.15) is 0 Å². The Morgan fingerprint density at radius 2 is 1.96 bits per heavy atom. The lowest BCUT2D eigenvalue weighted by Gasteiger charge is -2.33. The molecule has 6 nitrogen and oxygen atoms in total. The molecular formula is C18H22N6S. The molecule has 3 aromatic heterocycles. The number of rotatable bonds is 4. The van der Waals surface area contributed by atoms with Gasteiger partial charge in [-0.15, -0.1) is 11.3 Å². The molecule has 1 saturated heterocycles. The molecular weight excluding hydrogens is 332 g/mol. The summed E-state index contributed by atoms with van der Waals surface area (Å²) in [6, 6.07) is 6.40. The van der Waals surface area contributed by atoms with Crippen molar-refractivity contribution >= 4 is 33.2 Å². The molecule has 0 aliphatic carbocycles. The number of thiophene rings is 1. The van der Waals surface area contributed by atoms with Crippen molar-refractivity contribution in [2.75, 3.05) is 43.4 Å². The van der Waals surface area contributed by atoms with Crippen LogP contribution in [0.25, 0.3) is 10.2 Å². The van der Waals surface area contributed by atoms with Crippen LogP contribution in [0.2, 0.25) is 0 Å². The normalized spacial score (nSPS) is 15.7. The largest absolute Gasteiger partial charge is 0.365 e. The summed E-state index contributed by atoms with van der Waals surface area (Å²) in [6.45, 7) is 7.06. The predicted molar refractivity (Wildman–Crippen MR) is 103 cm³/mol. The standard InChI is InChI=1S/C18H22N6S/c1-13-9-15-17(21-12-22-18(15)25-13)20-11-14-3-4-16(19-10-14)24-7-5-23(2)6-8-24/h3-4,9-10,12H,5-8,11H2,1-2H3,(H,20,21,22). The second-order valence-electron chi connectivity index (χ2n) is 6.47. The van der Waals surface area contributed by atoms with Gasteiger partial charge in [0.15, 0.2) is 0 Å². The molecule has 0 saturated carbocycles. The van der Waals surface area contributed by atoms with E-state index in [2.05, 4.69) is 62.2 Å². The van der Waals surface area contributed by atoms with Crippen molar-refractivity contribution in [1.82, 2.24) is 19.9 Å². The summed E-state index contributed by atoms with van der Waals surface area (Å²) in [7, 11) is 2.17. The summed E-state index contributed by atoms with van der Waals surface area (Å²) in [5, 5.41) is 4.51. The first kappa shape index (κ1) is 16.2. The van der Waals surface area contributed by atoms with Crippen LogP contribution in [0.1, 0.15) is 10.4 Å². The smallest absolute Gasteiger partial charge is 0.138 e. The maximum Gasteiger partial charge on any atom is 0.138 e. The predicted octanol–water partition coefficient (Wildman–Crippen LogP) is 2.76. The van der Waals surface area contributed by atoms with Crippen LogP contribution in [-0.4, -0.2) is 53.1 Å². The molecule has 0 unspecified atom stereocenters. The van der Waals surface area contributed by atoms with Crippen LogP contribution in [0.15, 0.2) is 30.7 Å². The molecule has 3 aromatic rings. The summed E-state index contributed by atoms with van der Waals surface area (Å²) in [5.41, 5.74) is 1.15. The lowest BCUT2D eigenvalue weighted by Crippen LogP contribution is -2.44. The third kappa shape index (κ3) is 3.57. The highest BCUT2D eigenvalue weighted by Crippen LogP contribution is 2.27. The zero-order valence-electron chi connectivity index (χ0n) is 14.6. The minimum absolute atomic E-state index is 0.705. The molecule has 0 radical (unpaired) electrons. The van der Waals surface area contributed by atoms with E-state index in [1.807, 2.05) is 6.20 Å². The number of hydrogen-bond acceptors (Lipinski definition) is 7. The highest BCUT2D eigenvalue weighted by Gasteiger charge is 2.15. The lowest BCUT2D eigenvalue weighted by atomic mass is 10.2. The van der Waals surface area contributed by atoms with E-state index < -0.39 is 0 Å². The Bertz CT molecular complexity index is 852. The van der Waals surface area contributed by atoms with E-state index in [-0.39, 0.29) is 0 Å². The molecule has 0 aromatic carbocycles. The van der Waals surface area contributed by atoms with E-state index in [0.29, 0.717) is 6.54 Å². The first-order valence-corrected chi connectivity index (χ1v) is 9.34. The monoisotopic (exact) mass is 354 g/mol. The number of nitrogens with zero attached hydrogens (tertiary/aromatic N) is 5. The van der Waals surface area contributed by atoms with Crippen LogP contribution in [0, 0.1) is 6.92 Å². The summed E-state index contributed by atoms with van der Waals surface area (Å²) in [4.78, 5) is 20.3. The summed E-state index contributed by atoms with van der Waals surface area (Å²) < 4.78 is 0. The quantitative estimate of drug-likeness (QED) is 0.777. The number of nitrogens with one attached hydrogen (secondary N) is 1. The van der Waals surface area contributed by atoms with Crippen LogP contribution in [0.4, 0.5) is 11.6 Å². The average Bonchev–Trinajstić information content (AvgIpc) is 3.02. The Hall–Kier alpha value is -2.25. The van der Waals surface area contributed by atoms with E-state index in [1.54, 1.807) is 17.7 Å². The molecule has 1 fully saturated rings. The van der Waals surface area contributed by atoms with Gasteiger partial charge in [-0.3, -0.25) is 0 Å². The number of pyridine rings is 1. The maximum atomic E-state index is 4.64. The van der Waals surface area contributed by atoms with Crippen LogP contribution < -0.4 is 10.2 Å². The van der Waals surface area contributed by atoms with Gasteiger partial charge in [-0.25, -0.2) is 15.0 Å². The summed E-state index contributed by atoms with van der Waals surface area (Å²) in [5.74, 6) is 1.95. The molecule has 1 N–H and O–H groups in total. The highest BCUT2D eigenvalue weighted by atomic mass is 32.1. The van der Waals surface area contributed by atoms with Crippen molar-refractivity contribution in [3.05, 3.63) is 41.2 Å². The van der Waals surface area contributed by atoms with Gasteiger partial charge in [0.25, 0.3) is 0 Å². The molecule has 130 valence electrons. The topological polar surface area (TPSA) is 57.2 Å². The Labute approximate surface area is 151 Å². The maximum absolute atomic E-state index is 4.64. The van der Waals surface area contributed by atoms with Gasteiger partial charge < -0.3 is 15.1 Å². The average molecular weight is 354 g/mol. The van der Waals surface area contributed by atoms with Crippen molar-refractivity contribution in [3.8, 4) is 0 Å². The van der Waals surface area contributed by atoms with Gasteiger partial charge in [-0.1, -0.05) is 6.07 Å². The number of anilines is 2. The second-order valence-corrected chi connectivity index (χ2v) is 7.70. The third-order valence-corrected chi connectivity index (χ3v) is 5.51. The van der Waals surface area contributed by atoms with Crippen molar-refractivity contribution in [2.24, 2.45) is 0 Å². The Balaban J connectivity index is 1.43. The zero-order valence-corrected chi connectivity index (χ0v) is 15.4. The SMILES string of the molecule is Cc1cc2c(NCc3ccc(N4CCN(C)CC4)nc3)ncnc2s1. The zero-order chi connectivity index (χ0) is 17.2. The van der Waals surface area contributed by atoms with Gasteiger partial charge >= 0.3 is 0 Å². The number of aromatic nitrogens is 3. The lowest BCUT2D eigenvalue weighted by molar-refractivity contribution is 0.312. The van der Waals surface area contributed by atoms with Crippen molar-refractivity contribution in [3.63, 3.8) is 0 Å². The van der Waals surface area contributed by atoms with Gasteiger partial charge in [-0.05, 0) is 31.7 Å². The van der Waals surface area contributed by atoms with Crippen molar-refractivity contribution in [2.45, 2.75) is 13.5 Å². The number of fused-ring (bicyclic) bond motifs is 1.